The van der Waals surface area contributed by atoms with Crippen molar-refractivity contribution in [1.29, 1.82) is 0 Å². The van der Waals surface area contributed by atoms with Gasteiger partial charge in [0.15, 0.2) is 5.16 Å². The van der Waals surface area contributed by atoms with Crippen LogP contribution in [0.3, 0.4) is 0 Å². The third-order valence-electron chi connectivity index (χ3n) is 3.31. The quantitative estimate of drug-likeness (QED) is 0.802. The molecule has 3 N–H and O–H groups in total. The van der Waals surface area contributed by atoms with Gasteiger partial charge < -0.3 is 10.8 Å². The van der Waals surface area contributed by atoms with E-state index in [0.717, 1.165) is 19.3 Å². The lowest BCUT2D eigenvalue weighted by molar-refractivity contribution is -0.133. The van der Waals surface area contributed by atoms with Crippen LogP contribution in [0.25, 0.3) is 0 Å². The normalized spacial score (nSPS) is 23.4. The molecule has 0 aliphatic heterocycles. The maximum atomic E-state index is 10.7. The molecule has 1 fully saturated rings. The first-order valence-electron chi connectivity index (χ1n) is 6.19. The number of carboxylic acid groups (broad SMARTS) is 1. The second-order valence-corrected chi connectivity index (χ2v) is 6.65. The Morgan fingerprint density at radius 1 is 1.53 bits per heavy atom. The highest BCUT2D eigenvalue weighted by molar-refractivity contribution is 7.99. The lowest BCUT2D eigenvalue weighted by Crippen LogP contribution is -2.22. The molecule has 19 heavy (non-hydrogen) atoms. The standard InChI is InChI=1S/C11H18N4O2S2/c1-18-8-4-2-3-7(5-8)15-10(12)13-14-11(15)19-6-9(16)17/h7-8H,2-6H2,1H3,(H2,12,13)(H,16,17). The molecule has 0 saturated heterocycles. The van der Waals surface area contributed by atoms with E-state index in [0.29, 0.717) is 16.4 Å². The number of carbonyl (C=O) groups is 1. The van der Waals surface area contributed by atoms with Gasteiger partial charge in [-0.05, 0) is 25.5 Å². The topological polar surface area (TPSA) is 94.0 Å². The average Bonchev–Trinajstić information content (AvgIpc) is 2.77. The van der Waals surface area contributed by atoms with Crippen LogP contribution in [0.5, 0.6) is 0 Å². The van der Waals surface area contributed by atoms with E-state index < -0.39 is 5.97 Å². The molecule has 106 valence electrons. The summed E-state index contributed by atoms with van der Waals surface area (Å²) in [6.45, 7) is 0. The smallest absolute Gasteiger partial charge is 0.313 e. The van der Waals surface area contributed by atoms with E-state index >= 15 is 0 Å². The molecule has 2 atom stereocenters. The van der Waals surface area contributed by atoms with Crippen LogP contribution < -0.4 is 5.73 Å². The number of hydrogen-bond acceptors (Lipinski definition) is 6. The molecule has 1 aromatic rings. The zero-order chi connectivity index (χ0) is 13.8. The molecule has 1 heterocycles. The Labute approximate surface area is 120 Å². The fourth-order valence-corrected chi connectivity index (χ4v) is 3.97. The molecule has 1 aliphatic carbocycles. The number of aliphatic carboxylic acids is 1. The van der Waals surface area contributed by atoms with E-state index in [1.807, 2.05) is 16.3 Å². The molecule has 2 rings (SSSR count). The van der Waals surface area contributed by atoms with Crippen molar-refractivity contribution in [2.45, 2.75) is 42.1 Å². The van der Waals surface area contributed by atoms with Crippen LogP contribution in [-0.2, 0) is 4.79 Å². The Balaban J connectivity index is 2.13. The van der Waals surface area contributed by atoms with E-state index in [2.05, 4.69) is 16.5 Å². The second kappa shape index (κ2) is 6.51. The van der Waals surface area contributed by atoms with Gasteiger partial charge in [0.2, 0.25) is 5.95 Å². The van der Waals surface area contributed by atoms with Crippen LogP contribution in [0.4, 0.5) is 5.95 Å². The third kappa shape index (κ3) is 3.56. The summed E-state index contributed by atoms with van der Waals surface area (Å²) in [5, 5.41) is 17.9. The van der Waals surface area contributed by atoms with Gasteiger partial charge in [0.25, 0.3) is 0 Å². The first-order chi connectivity index (χ1) is 9.11. The van der Waals surface area contributed by atoms with Crippen molar-refractivity contribution in [3.63, 3.8) is 0 Å². The molecular weight excluding hydrogens is 284 g/mol. The minimum atomic E-state index is -0.858. The molecule has 0 radical (unpaired) electrons. The summed E-state index contributed by atoms with van der Waals surface area (Å²) >= 11 is 3.06. The molecule has 2 unspecified atom stereocenters. The summed E-state index contributed by atoms with van der Waals surface area (Å²) in [4.78, 5) is 10.7. The van der Waals surface area contributed by atoms with Crippen LogP contribution in [-0.4, -0.2) is 43.1 Å². The molecule has 1 aromatic heterocycles. The van der Waals surface area contributed by atoms with Gasteiger partial charge in [-0.15, -0.1) is 10.2 Å². The summed E-state index contributed by atoms with van der Waals surface area (Å²) in [6, 6.07) is 0.289. The van der Waals surface area contributed by atoms with Crippen LogP contribution >= 0.6 is 23.5 Å². The largest absolute Gasteiger partial charge is 0.481 e. The summed E-state index contributed by atoms with van der Waals surface area (Å²) < 4.78 is 1.91. The first-order valence-corrected chi connectivity index (χ1v) is 8.47. The Morgan fingerprint density at radius 2 is 2.32 bits per heavy atom. The van der Waals surface area contributed by atoms with Crippen molar-refractivity contribution in [2.75, 3.05) is 17.7 Å². The lowest BCUT2D eigenvalue weighted by Gasteiger charge is -2.29. The van der Waals surface area contributed by atoms with Crippen molar-refractivity contribution < 1.29 is 9.90 Å². The maximum Gasteiger partial charge on any atom is 0.313 e. The SMILES string of the molecule is CSC1CCCC(n2c(N)nnc2SCC(=O)O)C1. The number of nitrogen functional groups attached to an aromatic ring is 1. The van der Waals surface area contributed by atoms with Gasteiger partial charge in [-0.1, -0.05) is 18.2 Å². The molecule has 0 amide bonds. The minimum Gasteiger partial charge on any atom is -0.481 e. The number of thioether (sulfide) groups is 2. The molecule has 0 bridgehead atoms. The molecule has 0 aromatic carbocycles. The fourth-order valence-electron chi connectivity index (χ4n) is 2.43. The molecule has 0 spiro atoms. The van der Waals surface area contributed by atoms with Gasteiger partial charge in [0, 0.05) is 11.3 Å². The van der Waals surface area contributed by atoms with Crippen molar-refractivity contribution >= 4 is 35.4 Å². The highest BCUT2D eigenvalue weighted by atomic mass is 32.2. The molecule has 8 heteroatoms. The van der Waals surface area contributed by atoms with Crippen molar-refractivity contribution in [1.82, 2.24) is 14.8 Å². The van der Waals surface area contributed by atoms with Crippen LogP contribution in [0, 0.1) is 0 Å². The lowest BCUT2D eigenvalue weighted by atomic mass is 9.95. The van der Waals surface area contributed by atoms with E-state index in [9.17, 15) is 4.79 Å². The number of nitrogens with two attached hydrogens (primary N) is 1. The van der Waals surface area contributed by atoms with Crippen molar-refractivity contribution in [3.8, 4) is 0 Å². The Morgan fingerprint density at radius 3 is 3.00 bits per heavy atom. The Kier molecular flexibility index (Phi) is 4.98. The zero-order valence-electron chi connectivity index (χ0n) is 10.8. The van der Waals surface area contributed by atoms with E-state index in [1.54, 1.807) is 0 Å². The van der Waals surface area contributed by atoms with Crippen LogP contribution in [0.1, 0.15) is 31.7 Å². The second-order valence-electron chi connectivity index (χ2n) is 4.57. The van der Waals surface area contributed by atoms with Crippen LogP contribution in [0.15, 0.2) is 5.16 Å². The first kappa shape index (κ1) is 14.5. The molecule has 1 saturated carbocycles. The zero-order valence-corrected chi connectivity index (χ0v) is 12.4. The summed E-state index contributed by atoms with van der Waals surface area (Å²) in [6.07, 6.45) is 6.63. The maximum absolute atomic E-state index is 10.7. The highest BCUT2D eigenvalue weighted by Crippen LogP contribution is 2.37. The predicted octanol–water partition coefficient (Wildman–Crippen LogP) is 1.88. The van der Waals surface area contributed by atoms with Gasteiger partial charge >= 0.3 is 5.97 Å². The number of rotatable bonds is 5. The number of aromatic nitrogens is 3. The molecular formula is C11H18N4O2S2. The van der Waals surface area contributed by atoms with Gasteiger partial charge in [-0.2, -0.15) is 11.8 Å². The molecule has 6 nitrogen and oxygen atoms in total. The number of hydrogen-bond donors (Lipinski definition) is 2. The summed E-state index contributed by atoms with van der Waals surface area (Å²) in [5.41, 5.74) is 5.89. The number of anilines is 1. The van der Waals surface area contributed by atoms with Gasteiger partial charge in [-0.25, -0.2) is 0 Å². The minimum absolute atomic E-state index is 0.0171. The van der Waals surface area contributed by atoms with Gasteiger partial charge in [0.05, 0.1) is 5.75 Å². The van der Waals surface area contributed by atoms with Crippen molar-refractivity contribution in [2.24, 2.45) is 0 Å². The molecule has 1 aliphatic rings. The summed E-state index contributed by atoms with van der Waals surface area (Å²) in [5.74, 6) is -0.486. The van der Waals surface area contributed by atoms with Crippen molar-refractivity contribution in [3.05, 3.63) is 0 Å². The third-order valence-corrected chi connectivity index (χ3v) is 5.34. The number of nitrogens with zero attached hydrogens (tertiary/aromatic N) is 3. The predicted molar refractivity (Wildman–Crippen MR) is 77.6 cm³/mol. The highest BCUT2D eigenvalue weighted by Gasteiger charge is 2.26. The van der Waals surface area contributed by atoms with Gasteiger partial charge in [0.1, 0.15) is 0 Å². The van der Waals surface area contributed by atoms with E-state index in [1.165, 1.54) is 18.2 Å². The van der Waals surface area contributed by atoms with E-state index in [-0.39, 0.29) is 11.8 Å². The van der Waals surface area contributed by atoms with Gasteiger partial charge in [-0.3, -0.25) is 9.36 Å². The average molecular weight is 302 g/mol. The Hall–Kier alpha value is -0.890. The number of carboxylic acids is 1. The van der Waals surface area contributed by atoms with Crippen LogP contribution in [0.2, 0.25) is 0 Å². The van der Waals surface area contributed by atoms with E-state index in [4.69, 9.17) is 10.8 Å². The summed E-state index contributed by atoms with van der Waals surface area (Å²) in [7, 11) is 0. The Bertz CT molecular complexity index is 452. The monoisotopic (exact) mass is 302 g/mol. The fraction of sp³-hybridized carbons (Fsp3) is 0.727.